The van der Waals surface area contributed by atoms with Gasteiger partial charge in [0.25, 0.3) is 0 Å². The van der Waals surface area contributed by atoms with Crippen molar-refractivity contribution in [1.82, 2.24) is 4.90 Å². The monoisotopic (exact) mass is 298 g/mol. The van der Waals surface area contributed by atoms with E-state index in [9.17, 15) is 0 Å². The molecule has 0 aliphatic heterocycles. The van der Waals surface area contributed by atoms with E-state index >= 15 is 0 Å². The van der Waals surface area contributed by atoms with Gasteiger partial charge in [0.15, 0.2) is 0 Å². The Hall–Kier alpha value is -0.650. The normalized spacial score (nSPS) is 12.1. The van der Waals surface area contributed by atoms with Gasteiger partial charge in [0, 0.05) is 22.8 Å². The summed E-state index contributed by atoms with van der Waals surface area (Å²) in [5.74, 6) is 0.936. The summed E-state index contributed by atoms with van der Waals surface area (Å²) in [4.78, 5) is 3.58. The second-order valence-electron chi connectivity index (χ2n) is 4.01. The van der Waals surface area contributed by atoms with Crippen molar-refractivity contribution >= 4 is 28.6 Å². The molecule has 1 N–H and O–H groups in total. The summed E-state index contributed by atoms with van der Waals surface area (Å²) in [5, 5.41) is 13.2. The van der Waals surface area contributed by atoms with E-state index in [4.69, 9.17) is 5.21 Å². The molecule has 0 spiro atoms. The molecule has 0 unspecified atom stereocenters. The Kier molecular flexibility index (Phi) is 8.02. The van der Waals surface area contributed by atoms with E-state index in [1.807, 2.05) is 12.1 Å². The number of oxime groups is 1. The molecule has 0 bridgehead atoms. The summed E-state index contributed by atoms with van der Waals surface area (Å²) in [5.41, 5.74) is 0.977. The molecule has 0 heterocycles. The predicted molar refractivity (Wildman–Crippen MR) is 86.8 cm³/mol. The second kappa shape index (κ2) is 9.28. The summed E-state index contributed by atoms with van der Waals surface area (Å²) < 4.78 is 0. The largest absolute Gasteiger partial charge is 0.410 e. The Balaban J connectivity index is 2.53. The zero-order chi connectivity index (χ0) is 14.1. The fraction of sp³-hybridized carbons (Fsp3) is 0.500. The highest BCUT2D eigenvalue weighted by molar-refractivity contribution is 8.14. The zero-order valence-corrected chi connectivity index (χ0v) is 13.4. The highest BCUT2D eigenvalue weighted by Gasteiger charge is 2.06. The first-order valence-corrected chi connectivity index (χ1v) is 8.67. The van der Waals surface area contributed by atoms with E-state index in [0.29, 0.717) is 5.04 Å². The molecule has 1 aromatic carbocycles. The topological polar surface area (TPSA) is 35.8 Å². The Labute approximate surface area is 124 Å². The van der Waals surface area contributed by atoms with Gasteiger partial charge in [-0.25, -0.2) is 0 Å². The molecular formula is C14H22N2OS2. The quantitative estimate of drug-likeness (QED) is 0.274. The Bertz CT molecular complexity index is 389. The molecule has 3 nitrogen and oxygen atoms in total. The van der Waals surface area contributed by atoms with Crippen molar-refractivity contribution < 1.29 is 5.21 Å². The minimum absolute atomic E-state index is 0.694. The number of thioether (sulfide) groups is 2. The van der Waals surface area contributed by atoms with Crippen LogP contribution in [-0.4, -0.2) is 46.8 Å². The van der Waals surface area contributed by atoms with E-state index < -0.39 is 0 Å². The van der Waals surface area contributed by atoms with Gasteiger partial charge in [-0.2, -0.15) is 0 Å². The molecule has 0 aliphatic rings. The van der Waals surface area contributed by atoms with Gasteiger partial charge in [-0.05, 0) is 31.5 Å². The van der Waals surface area contributed by atoms with Crippen LogP contribution in [-0.2, 0) is 0 Å². The lowest BCUT2D eigenvalue weighted by Gasteiger charge is -2.17. The Morgan fingerprint density at radius 2 is 1.84 bits per heavy atom. The molecule has 0 aliphatic carbocycles. The zero-order valence-electron chi connectivity index (χ0n) is 11.8. The van der Waals surface area contributed by atoms with Gasteiger partial charge in [0.2, 0.25) is 0 Å². The lowest BCUT2D eigenvalue weighted by molar-refractivity contribution is 0.320. The van der Waals surface area contributed by atoms with Gasteiger partial charge in [-0.3, -0.25) is 0 Å². The average Bonchev–Trinajstić information content (AvgIpc) is 2.48. The third kappa shape index (κ3) is 5.47. The molecular weight excluding hydrogens is 276 g/mol. The molecule has 106 valence electrons. The smallest absolute Gasteiger partial charge is 0.143 e. The Morgan fingerprint density at radius 1 is 1.21 bits per heavy atom. The number of nitrogens with zero attached hydrogens (tertiary/aromatic N) is 2. The minimum Gasteiger partial charge on any atom is -0.410 e. The summed E-state index contributed by atoms with van der Waals surface area (Å²) >= 11 is 3.31. The van der Waals surface area contributed by atoms with E-state index in [2.05, 4.69) is 42.3 Å². The maximum atomic E-state index is 9.13. The highest BCUT2D eigenvalue weighted by atomic mass is 32.2. The summed E-state index contributed by atoms with van der Waals surface area (Å²) in [6, 6.07) is 8.11. The Morgan fingerprint density at radius 3 is 2.32 bits per heavy atom. The van der Waals surface area contributed by atoms with E-state index in [1.54, 1.807) is 23.5 Å². The van der Waals surface area contributed by atoms with Crippen molar-refractivity contribution in [1.29, 1.82) is 0 Å². The van der Waals surface area contributed by atoms with Crippen LogP contribution in [0.1, 0.15) is 19.4 Å². The van der Waals surface area contributed by atoms with Gasteiger partial charge < -0.3 is 10.1 Å². The van der Waals surface area contributed by atoms with Crippen molar-refractivity contribution in [2.24, 2.45) is 5.16 Å². The van der Waals surface area contributed by atoms with Crippen LogP contribution in [0.5, 0.6) is 0 Å². The van der Waals surface area contributed by atoms with Crippen LogP contribution in [0.2, 0.25) is 0 Å². The van der Waals surface area contributed by atoms with Gasteiger partial charge in [-0.15, -0.1) is 23.5 Å². The van der Waals surface area contributed by atoms with Gasteiger partial charge in [0.05, 0.1) is 0 Å². The van der Waals surface area contributed by atoms with Gasteiger partial charge >= 0.3 is 0 Å². The summed E-state index contributed by atoms with van der Waals surface area (Å²) in [6.45, 7) is 7.46. The number of hydrogen-bond donors (Lipinski definition) is 1. The van der Waals surface area contributed by atoms with E-state index in [0.717, 1.165) is 31.0 Å². The molecule has 0 saturated carbocycles. The van der Waals surface area contributed by atoms with Crippen molar-refractivity contribution in [3.8, 4) is 0 Å². The molecule has 19 heavy (non-hydrogen) atoms. The number of benzene rings is 1. The van der Waals surface area contributed by atoms with Crippen LogP contribution in [0, 0.1) is 0 Å². The van der Waals surface area contributed by atoms with E-state index in [-0.39, 0.29) is 0 Å². The maximum Gasteiger partial charge on any atom is 0.143 e. The highest BCUT2D eigenvalue weighted by Crippen LogP contribution is 2.19. The maximum absolute atomic E-state index is 9.13. The predicted octanol–water partition coefficient (Wildman–Crippen LogP) is 3.62. The summed E-state index contributed by atoms with van der Waals surface area (Å²) in [7, 11) is 0. The average molecular weight is 298 g/mol. The van der Waals surface area contributed by atoms with Gasteiger partial charge in [-0.1, -0.05) is 31.1 Å². The lowest BCUT2D eigenvalue weighted by atomic mass is 10.2. The van der Waals surface area contributed by atoms with Crippen molar-refractivity contribution in [2.75, 3.05) is 31.6 Å². The van der Waals surface area contributed by atoms with Crippen LogP contribution in [0.4, 0.5) is 0 Å². The first kappa shape index (κ1) is 16.4. The van der Waals surface area contributed by atoms with Crippen molar-refractivity contribution in [3.05, 3.63) is 29.8 Å². The molecule has 0 fully saturated rings. The van der Waals surface area contributed by atoms with Crippen LogP contribution in [0.25, 0.3) is 0 Å². The summed E-state index contributed by atoms with van der Waals surface area (Å²) in [6.07, 6.45) is 2.05. The molecule has 5 heteroatoms. The SMILES string of the molecule is CCN(CC)CCS/C(=N/O)c1ccc(SC)cc1. The van der Waals surface area contributed by atoms with Crippen molar-refractivity contribution in [2.45, 2.75) is 18.7 Å². The molecule has 0 aromatic heterocycles. The minimum atomic E-state index is 0.694. The third-order valence-corrected chi connectivity index (χ3v) is 4.69. The third-order valence-electron chi connectivity index (χ3n) is 2.97. The fourth-order valence-corrected chi connectivity index (χ4v) is 3.03. The van der Waals surface area contributed by atoms with Crippen LogP contribution >= 0.6 is 23.5 Å². The van der Waals surface area contributed by atoms with Crippen LogP contribution in [0.15, 0.2) is 34.3 Å². The standard InChI is InChI=1S/C14H22N2OS2/c1-4-16(5-2)10-11-19-14(15-17)12-6-8-13(18-3)9-7-12/h6-9,17H,4-5,10-11H2,1-3H3/b15-14+. The molecule has 0 radical (unpaired) electrons. The molecule has 1 aromatic rings. The number of rotatable bonds is 7. The lowest BCUT2D eigenvalue weighted by Crippen LogP contribution is -2.25. The van der Waals surface area contributed by atoms with Crippen LogP contribution in [0.3, 0.4) is 0 Å². The fourth-order valence-electron chi connectivity index (χ4n) is 1.71. The number of hydrogen-bond acceptors (Lipinski definition) is 5. The first-order chi connectivity index (χ1) is 9.24. The molecule has 0 saturated heterocycles. The molecule has 0 amide bonds. The molecule has 1 rings (SSSR count). The van der Waals surface area contributed by atoms with Crippen LogP contribution < -0.4 is 0 Å². The first-order valence-electron chi connectivity index (χ1n) is 6.46. The van der Waals surface area contributed by atoms with Crippen molar-refractivity contribution in [3.63, 3.8) is 0 Å². The van der Waals surface area contributed by atoms with Gasteiger partial charge in [0.1, 0.15) is 5.04 Å². The second-order valence-corrected chi connectivity index (χ2v) is 5.97. The molecule has 0 atom stereocenters. The van der Waals surface area contributed by atoms with E-state index in [1.165, 1.54) is 4.90 Å².